The number of aromatic carboxylic acids is 2. The standard InChI is InChI=1S/C9H8N2O4S.Na.H/c10-9(16)11-6-2-4(7(12)13)1-5(3-6)8(14)15;;/h1-3H,(H,12,13)(H,14,15)(H3,10,11,16);;/q;+1;-1. The largest absolute Gasteiger partial charge is 1.00 e. The molecule has 6 nitrogen and oxygen atoms in total. The average Bonchev–Trinajstić information content (AvgIpc) is 2.15. The number of nitrogens with one attached hydrogen (secondary N) is 1. The Bertz CT molecular complexity index is 451. The molecule has 0 aliphatic carbocycles. The number of thiocarbonyl (C=S) groups is 1. The van der Waals surface area contributed by atoms with Crippen molar-refractivity contribution >= 4 is 35.0 Å². The van der Waals surface area contributed by atoms with Gasteiger partial charge in [0.15, 0.2) is 5.11 Å². The van der Waals surface area contributed by atoms with Gasteiger partial charge in [0.2, 0.25) is 0 Å². The summed E-state index contributed by atoms with van der Waals surface area (Å²) < 4.78 is 0. The Kier molecular flexibility index (Phi) is 6.11. The molecule has 0 fully saturated rings. The van der Waals surface area contributed by atoms with Crippen LogP contribution in [0, 0.1) is 0 Å². The third-order valence-electron chi connectivity index (χ3n) is 1.69. The van der Waals surface area contributed by atoms with Gasteiger partial charge in [-0.2, -0.15) is 0 Å². The Morgan fingerprint density at radius 1 is 1.18 bits per heavy atom. The predicted molar refractivity (Wildman–Crippen MR) is 61.9 cm³/mol. The van der Waals surface area contributed by atoms with E-state index in [1.54, 1.807) is 0 Å². The molecule has 1 aromatic carbocycles. The minimum atomic E-state index is -1.23. The Hall–Kier alpha value is -1.15. The molecule has 0 aliphatic heterocycles. The maximum atomic E-state index is 10.7. The summed E-state index contributed by atoms with van der Waals surface area (Å²) in [5.41, 5.74) is 5.12. The van der Waals surface area contributed by atoms with Crippen LogP contribution < -0.4 is 40.6 Å². The van der Waals surface area contributed by atoms with E-state index in [1.807, 2.05) is 0 Å². The minimum Gasteiger partial charge on any atom is -1.00 e. The van der Waals surface area contributed by atoms with Crippen molar-refractivity contribution in [2.75, 3.05) is 5.32 Å². The van der Waals surface area contributed by atoms with Crippen molar-refractivity contribution in [3.05, 3.63) is 29.3 Å². The molecule has 0 spiro atoms. The molecule has 5 N–H and O–H groups in total. The number of carboxylic acids is 2. The van der Waals surface area contributed by atoms with Crippen molar-refractivity contribution in [3.63, 3.8) is 0 Å². The molecule has 0 aromatic heterocycles. The van der Waals surface area contributed by atoms with E-state index in [-0.39, 0.29) is 52.9 Å². The van der Waals surface area contributed by atoms with Crippen LogP contribution in [0.25, 0.3) is 0 Å². The number of nitrogens with two attached hydrogens (primary N) is 1. The average molecular weight is 264 g/mol. The summed E-state index contributed by atoms with van der Waals surface area (Å²) in [6.45, 7) is 0. The van der Waals surface area contributed by atoms with Crippen molar-refractivity contribution in [2.45, 2.75) is 0 Å². The molecule has 0 radical (unpaired) electrons. The van der Waals surface area contributed by atoms with E-state index >= 15 is 0 Å². The summed E-state index contributed by atoms with van der Waals surface area (Å²) in [6.07, 6.45) is 0. The molecule has 0 atom stereocenters. The summed E-state index contributed by atoms with van der Waals surface area (Å²) in [4.78, 5) is 21.5. The first-order valence-electron chi connectivity index (χ1n) is 4.08. The zero-order chi connectivity index (χ0) is 12.3. The molecule has 0 heterocycles. The fraction of sp³-hybridized carbons (Fsp3) is 0. The Labute approximate surface area is 126 Å². The fourth-order valence-corrected chi connectivity index (χ4v) is 1.21. The molecular formula is C9H9N2NaO4S. The first-order chi connectivity index (χ1) is 7.40. The van der Waals surface area contributed by atoms with Crippen molar-refractivity contribution in [2.24, 2.45) is 5.73 Å². The molecule has 0 aliphatic rings. The number of hydrogen-bond donors (Lipinski definition) is 4. The number of rotatable bonds is 3. The van der Waals surface area contributed by atoms with Crippen LogP contribution in [0.15, 0.2) is 18.2 Å². The van der Waals surface area contributed by atoms with Crippen LogP contribution >= 0.6 is 12.2 Å². The van der Waals surface area contributed by atoms with Gasteiger partial charge in [-0.05, 0) is 30.4 Å². The van der Waals surface area contributed by atoms with Gasteiger partial charge < -0.3 is 22.7 Å². The first kappa shape index (κ1) is 15.9. The number of benzene rings is 1. The number of carbonyl (C=O) groups is 2. The summed E-state index contributed by atoms with van der Waals surface area (Å²) in [5, 5.41) is 19.9. The van der Waals surface area contributed by atoms with Crippen LogP contribution in [0.2, 0.25) is 0 Å². The quantitative estimate of drug-likeness (QED) is 0.364. The molecule has 0 unspecified atom stereocenters. The van der Waals surface area contributed by atoms with E-state index in [2.05, 4.69) is 17.5 Å². The summed E-state index contributed by atoms with van der Waals surface area (Å²) in [6, 6.07) is 3.54. The van der Waals surface area contributed by atoms with Gasteiger partial charge in [-0.15, -0.1) is 0 Å². The molecule has 86 valence electrons. The van der Waals surface area contributed by atoms with Crippen LogP contribution in [-0.2, 0) is 0 Å². The molecule has 0 saturated heterocycles. The third kappa shape index (κ3) is 4.70. The SMILES string of the molecule is NC(=S)Nc1cc(C(=O)O)cc(C(=O)O)c1.[H-].[Na+]. The zero-order valence-electron chi connectivity index (χ0n) is 9.93. The fourth-order valence-electron chi connectivity index (χ4n) is 1.09. The van der Waals surface area contributed by atoms with Crippen molar-refractivity contribution in [1.82, 2.24) is 0 Å². The molecule has 0 bridgehead atoms. The third-order valence-corrected chi connectivity index (χ3v) is 1.80. The molecule has 0 amide bonds. The number of hydrogen-bond acceptors (Lipinski definition) is 3. The van der Waals surface area contributed by atoms with E-state index in [9.17, 15) is 9.59 Å². The van der Waals surface area contributed by atoms with E-state index < -0.39 is 11.9 Å². The molecular weight excluding hydrogens is 255 g/mol. The number of anilines is 1. The second-order valence-corrected chi connectivity index (χ2v) is 3.34. The van der Waals surface area contributed by atoms with Crippen LogP contribution in [0.3, 0.4) is 0 Å². The van der Waals surface area contributed by atoms with Crippen LogP contribution in [0.4, 0.5) is 5.69 Å². The normalized spacial score (nSPS) is 8.94. The Balaban J connectivity index is 0. The predicted octanol–water partition coefficient (Wildman–Crippen LogP) is -2.14. The van der Waals surface area contributed by atoms with Crippen molar-refractivity contribution in [1.29, 1.82) is 0 Å². The molecule has 17 heavy (non-hydrogen) atoms. The zero-order valence-corrected chi connectivity index (χ0v) is 11.7. The van der Waals surface area contributed by atoms with Crippen molar-refractivity contribution < 1.29 is 50.8 Å². The molecule has 8 heteroatoms. The number of carboxylic acid groups (broad SMARTS) is 2. The van der Waals surface area contributed by atoms with Crippen LogP contribution in [0.1, 0.15) is 22.1 Å². The van der Waals surface area contributed by atoms with E-state index in [0.717, 1.165) is 6.07 Å². The topological polar surface area (TPSA) is 113 Å². The van der Waals surface area contributed by atoms with Gasteiger partial charge >= 0.3 is 41.5 Å². The monoisotopic (exact) mass is 264 g/mol. The van der Waals surface area contributed by atoms with E-state index in [0.29, 0.717) is 0 Å². The van der Waals surface area contributed by atoms with Gasteiger partial charge in [-0.25, -0.2) is 9.59 Å². The molecule has 1 rings (SSSR count). The minimum absolute atomic E-state index is 0. The summed E-state index contributed by atoms with van der Waals surface area (Å²) in [7, 11) is 0. The maximum Gasteiger partial charge on any atom is 1.00 e. The second kappa shape index (κ2) is 6.55. The maximum absolute atomic E-state index is 10.7. The molecule has 0 saturated carbocycles. The van der Waals surface area contributed by atoms with Gasteiger partial charge in [-0.3, -0.25) is 0 Å². The van der Waals surface area contributed by atoms with E-state index in [4.69, 9.17) is 15.9 Å². The Morgan fingerprint density at radius 2 is 1.59 bits per heavy atom. The summed E-state index contributed by atoms with van der Waals surface area (Å²) >= 11 is 4.57. The van der Waals surface area contributed by atoms with Gasteiger partial charge in [0, 0.05) is 5.69 Å². The summed E-state index contributed by atoms with van der Waals surface area (Å²) in [5.74, 6) is -2.46. The van der Waals surface area contributed by atoms with Gasteiger partial charge in [0.1, 0.15) is 0 Å². The van der Waals surface area contributed by atoms with E-state index in [1.165, 1.54) is 12.1 Å². The molecule has 1 aromatic rings. The second-order valence-electron chi connectivity index (χ2n) is 2.90. The van der Waals surface area contributed by atoms with Gasteiger partial charge in [0.25, 0.3) is 0 Å². The van der Waals surface area contributed by atoms with Crippen molar-refractivity contribution in [3.8, 4) is 0 Å². The van der Waals surface area contributed by atoms with Crippen LogP contribution in [0.5, 0.6) is 0 Å². The smallest absolute Gasteiger partial charge is 1.00 e. The Morgan fingerprint density at radius 3 is 1.88 bits per heavy atom. The first-order valence-corrected chi connectivity index (χ1v) is 4.49. The van der Waals surface area contributed by atoms with Crippen LogP contribution in [-0.4, -0.2) is 27.3 Å². The van der Waals surface area contributed by atoms with Gasteiger partial charge in [0.05, 0.1) is 11.1 Å². The van der Waals surface area contributed by atoms with Gasteiger partial charge in [-0.1, -0.05) is 0 Å².